The molecular weight excluding hydrogens is 615 g/mol. The number of carbonyl (C=O) groups excluding carboxylic acids is 2. The molecule has 1 aromatic carbocycles. The van der Waals surface area contributed by atoms with Crippen molar-refractivity contribution in [2.24, 2.45) is 13.0 Å². The molecule has 10 nitrogen and oxygen atoms in total. The molecule has 6 rings (SSSR count). The van der Waals surface area contributed by atoms with E-state index < -0.39 is 23.5 Å². The molecular formula is C37H47FN4O6. The molecule has 1 aliphatic carbocycles. The molecule has 0 unspecified atom stereocenters. The van der Waals surface area contributed by atoms with Crippen LogP contribution in [-0.2, 0) is 27.8 Å². The number of amides is 2. The number of hydrogen-bond acceptors (Lipinski definition) is 6. The number of halogens is 1. The Morgan fingerprint density at radius 3 is 2.33 bits per heavy atom. The number of ether oxygens (including phenoxy) is 2. The summed E-state index contributed by atoms with van der Waals surface area (Å²) in [6.45, 7) is 11.2. The van der Waals surface area contributed by atoms with Crippen molar-refractivity contribution in [1.29, 1.82) is 0 Å². The van der Waals surface area contributed by atoms with Crippen LogP contribution >= 0.6 is 0 Å². The van der Waals surface area contributed by atoms with Crippen molar-refractivity contribution in [3.8, 4) is 16.9 Å². The van der Waals surface area contributed by atoms with Gasteiger partial charge in [0.1, 0.15) is 11.3 Å². The lowest BCUT2D eigenvalue weighted by Crippen LogP contribution is -2.52. The number of aliphatic carboxylic acids is 1. The van der Waals surface area contributed by atoms with Gasteiger partial charge in [0.25, 0.3) is 5.91 Å². The normalized spacial score (nSPS) is 18.1. The molecule has 4 heterocycles. The highest BCUT2D eigenvalue weighted by molar-refractivity contribution is 6.05. The van der Waals surface area contributed by atoms with Crippen LogP contribution < -0.4 is 4.74 Å². The van der Waals surface area contributed by atoms with Gasteiger partial charge >= 0.3 is 5.97 Å². The molecule has 1 saturated carbocycles. The number of piperazine rings is 1. The van der Waals surface area contributed by atoms with Gasteiger partial charge in [0.2, 0.25) is 5.91 Å². The van der Waals surface area contributed by atoms with Crippen molar-refractivity contribution in [3.63, 3.8) is 0 Å². The number of carboxylic acids is 1. The lowest BCUT2D eigenvalue weighted by Gasteiger charge is -2.37. The average molecular weight is 663 g/mol. The number of carboxylic acid groups (broad SMARTS) is 1. The summed E-state index contributed by atoms with van der Waals surface area (Å²) in [6, 6.07) is 3.15. The first-order chi connectivity index (χ1) is 22.8. The number of pyridine rings is 1. The van der Waals surface area contributed by atoms with E-state index in [0.717, 1.165) is 43.2 Å². The standard InChI is InChI=1S/C37H47FN4O6/c1-21-24-13-10-18-47-31(24)27(38)19-25(21)30-26-20-28(35(44)42-16-14-41(15-17-42)34(43)23-11-8-7-9-12-23)40(6)33(26)39-22(2)29(30)32(36(45)46)48-37(3,4)5/h19-20,23,32H,7-18H2,1-6H3,(H,45,46)/t32-/m0/s1. The van der Waals surface area contributed by atoms with Crippen molar-refractivity contribution in [3.05, 3.63) is 46.0 Å². The summed E-state index contributed by atoms with van der Waals surface area (Å²) in [5.74, 6) is -1.39. The summed E-state index contributed by atoms with van der Waals surface area (Å²) in [4.78, 5) is 48.6. The highest BCUT2D eigenvalue weighted by Crippen LogP contribution is 2.45. The van der Waals surface area contributed by atoms with Crippen LogP contribution in [0.5, 0.6) is 5.75 Å². The Kier molecular flexibility index (Phi) is 9.28. The molecule has 2 aliphatic heterocycles. The first-order valence-corrected chi connectivity index (χ1v) is 17.2. The molecule has 2 aromatic heterocycles. The number of rotatable bonds is 6. The Balaban J connectivity index is 1.44. The molecule has 3 aromatic rings. The van der Waals surface area contributed by atoms with E-state index in [1.807, 2.05) is 11.8 Å². The van der Waals surface area contributed by atoms with E-state index in [1.54, 1.807) is 50.3 Å². The number of benzene rings is 1. The second-order valence-electron chi connectivity index (χ2n) is 14.5. The topological polar surface area (TPSA) is 114 Å². The molecule has 1 atom stereocenters. The lowest BCUT2D eigenvalue weighted by molar-refractivity contribution is -0.160. The quantitative estimate of drug-likeness (QED) is 0.338. The van der Waals surface area contributed by atoms with Crippen LogP contribution in [0.1, 0.15) is 98.3 Å². The third kappa shape index (κ3) is 6.29. The van der Waals surface area contributed by atoms with E-state index in [2.05, 4.69) is 0 Å². The number of nitrogens with zero attached hydrogens (tertiary/aromatic N) is 4. The molecule has 2 fully saturated rings. The van der Waals surface area contributed by atoms with E-state index in [-0.39, 0.29) is 23.5 Å². The zero-order chi connectivity index (χ0) is 34.5. The Bertz CT molecular complexity index is 1760. The Hall–Kier alpha value is -3.99. The largest absolute Gasteiger partial charge is 0.490 e. The van der Waals surface area contributed by atoms with Crippen LogP contribution in [0.15, 0.2) is 12.1 Å². The molecule has 0 spiro atoms. The summed E-state index contributed by atoms with van der Waals surface area (Å²) in [6.07, 6.45) is 5.21. The SMILES string of the molecule is Cc1nc2c(cc(C(=O)N3CCN(C(=O)C4CCCCC4)CC3)n2C)c(-c2cc(F)c3c(c2C)CCCO3)c1[C@H](OC(C)(C)C)C(=O)O. The van der Waals surface area contributed by atoms with Crippen LogP contribution in [0, 0.1) is 25.6 Å². The second-order valence-corrected chi connectivity index (χ2v) is 14.5. The molecule has 48 heavy (non-hydrogen) atoms. The Labute approximate surface area is 281 Å². The number of fused-ring (bicyclic) bond motifs is 2. The Morgan fingerprint density at radius 1 is 1.02 bits per heavy atom. The van der Waals surface area contributed by atoms with Crippen LogP contribution in [0.3, 0.4) is 0 Å². The summed E-state index contributed by atoms with van der Waals surface area (Å²) in [5, 5.41) is 11.0. The highest BCUT2D eigenvalue weighted by Gasteiger charge is 2.36. The van der Waals surface area contributed by atoms with Crippen molar-refractivity contribution < 1.29 is 33.4 Å². The van der Waals surface area contributed by atoms with Crippen molar-refractivity contribution in [2.75, 3.05) is 32.8 Å². The molecule has 1 saturated heterocycles. The predicted octanol–water partition coefficient (Wildman–Crippen LogP) is 6.13. The summed E-state index contributed by atoms with van der Waals surface area (Å²) >= 11 is 0. The zero-order valence-electron chi connectivity index (χ0n) is 28.9. The third-order valence-electron chi connectivity index (χ3n) is 10.1. The molecule has 2 amide bonds. The monoisotopic (exact) mass is 662 g/mol. The van der Waals surface area contributed by atoms with Crippen molar-refractivity contribution in [2.45, 2.75) is 91.3 Å². The van der Waals surface area contributed by atoms with Gasteiger partial charge in [-0.05, 0) is 83.6 Å². The lowest BCUT2D eigenvalue weighted by atomic mass is 9.86. The van der Waals surface area contributed by atoms with Crippen LogP contribution in [0.25, 0.3) is 22.2 Å². The Morgan fingerprint density at radius 2 is 1.69 bits per heavy atom. The average Bonchev–Trinajstić information content (AvgIpc) is 3.39. The molecule has 0 bridgehead atoms. The number of hydrogen-bond donors (Lipinski definition) is 1. The van der Waals surface area contributed by atoms with E-state index >= 15 is 4.39 Å². The molecule has 11 heteroatoms. The molecule has 258 valence electrons. The molecule has 3 aliphatic rings. The first-order valence-electron chi connectivity index (χ1n) is 17.2. The fraction of sp³-hybridized carbons (Fsp3) is 0.568. The molecule has 1 N–H and O–H groups in total. The minimum absolute atomic E-state index is 0.0847. The minimum Gasteiger partial charge on any atom is -0.490 e. The fourth-order valence-corrected chi connectivity index (χ4v) is 7.68. The van der Waals surface area contributed by atoms with E-state index in [9.17, 15) is 19.5 Å². The van der Waals surface area contributed by atoms with Crippen LogP contribution in [0.2, 0.25) is 0 Å². The van der Waals surface area contributed by atoms with Gasteiger partial charge in [-0.15, -0.1) is 0 Å². The second kappa shape index (κ2) is 13.1. The van der Waals surface area contributed by atoms with Gasteiger partial charge in [0, 0.05) is 66.9 Å². The number of aryl methyl sites for hydroxylation is 2. The van der Waals surface area contributed by atoms with Gasteiger partial charge in [-0.25, -0.2) is 14.2 Å². The smallest absolute Gasteiger partial charge is 0.337 e. The van der Waals surface area contributed by atoms with Crippen LogP contribution in [0.4, 0.5) is 4.39 Å². The summed E-state index contributed by atoms with van der Waals surface area (Å²) in [7, 11) is 1.77. The van der Waals surface area contributed by atoms with Gasteiger partial charge < -0.3 is 28.9 Å². The van der Waals surface area contributed by atoms with E-state index in [1.165, 1.54) is 12.5 Å². The van der Waals surface area contributed by atoms with Gasteiger partial charge in [-0.1, -0.05) is 19.3 Å². The van der Waals surface area contributed by atoms with Crippen LogP contribution in [-0.4, -0.2) is 80.6 Å². The minimum atomic E-state index is -1.40. The van der Waals surface area contributed by atoms with Gasteiger partial charge in [-0.2, -0.15) is 0 Å². The zero-order valence-corrected chi connectivity index (χ0v) is 28.9. The first kappa shape index (κ1) is 33.9. The molecule has 0 radical (unpaired) electrons. The summed E-state index contributed by atoms with van der Waals surface area (Å²) in [5.41, 5.74) is 3.32. The van der Waals surface area contributed by atoms with Gasteiger partial charge in [-0.3, -0.25) is 9.59 Å². The van der Waals surface area contributed by atoms with E-state index in [0.29, 0.717) is 78.3 Å². The maximum absolute atomic E-state index is 15.7. The van der Waals surface area contributed by atoms with Gasteiger partial charge in [0.05, 0.1) is 12.2 Å². The summed E-state index contributed by atoms with van der Waals surface area (Å²) < 4.78 is 29.3. The number of aromatic nitrogens is 2. The number of carbonyl (C=O) groups is 3. The maximum atomic E-state index is 15.7. The highest BCUT2D eigenvalue weighted by atomic mass is 19.1. The third-order valence-corrected chi connectivity index (χ3v) is 10.1. The maximum Gasteiger partial charge on any atom is 0.337 e. The van der Waals surface area contributed by atoms with Crippen molar-refractivity contribution in [1.82, 2.24) is 19.4 Å². The van der Waals surface area contributed by atoms with Gasteiger partial charge in [0.15, 0.2) is 17.7 Å². The van der Waals surface area contributed by atoms with Crippen molar-refractivity contribution >= 4 is 28.8 Å². The fourth-order valence-electron chi connectivity index (χ4n) is 7.68. The predicted molar refractivity (Wildman–Crippen MR) is 180 cm³/mol. The van der Waals surface area contributed by atoms with E-state index in [4.69, 9.17) is 14.5 Å².